The summed E-state index contributed by atoms with van der Waals surface area (Å²) in [6.07, 6.45) is 3.47. The smallest absolute Gasteiger partial charge is 0.254 e. The number of nitrogens with zero attached hydrogens (tertiary/aromatic N) is 2. The van der Waals surface area contributed by atoms with E-state index in [0.717, 1.165) is 41.7 Å². The predicted octanol–water partition coefficient (Wildman–Crippen LogP) is 4.33. The maximum absolute atomic E-state index is 13.6. The van der Waals surface area contributed by atoms with Gasteiger partial charge in [-0.3, -0.25) is 4.79 Å². The highest BCUT2D eigenvalue weighted by Gasteiger charge is 2.56. The molecule has 150 valence electrons. The first-order valence-electron chi connectivity index (χ1n) is 10.3. The molecule has 5 heteroatoms. The van der Waals surface area contributed by atoms with Gasteiger partial charge < -0.3 is 14.6 Å². The molecule has 5 nitrogen and oxygen atoms in total. The number of imidazole rings is 1. The van der Waals surface area contributed by atoms with Crippen molar-refractivity contribution in [1.82, 2.24) is 14.9 Å². The van der Waals surface area contributed by atoms with E-state index in [4.69, 9.17) is 4.74 Å². The third-order valence-electron chi connectivity index (χ3n) is 7.73. The molecular formula is C24H27N3O2. The van der Waals surface area contributed by atoms with Crippen molar-refractivity contribution in [3.63, 3.8) is 0 Å². The molecule has 1 saturated heterocycles. The molecule has 1 aliphatic carbocycles. The van der Waals surface area contributed by atoms with Crippen LogP contribution < -0.4 is 4.74 Å². The van der Waals surface area contributed by atoms with Crippen molar-refractivity contribution in [3.8, 4) is 5.75 Å². The number of ether oxygens (including phenoxy) is 1. The van der Waals surface area contributed by atoms with Gasteiger partial charge in [-0.25, -0.2) is 4.98 Å². The molecule has 1 N–H and O–H groups in total. The van der Waals surface area contributed by atoms with Crippen LogP contribution in [0, 0.1) is 5.41 Å². The summed E-state index contributed by atoms with van der Waals surface area (Å²) in [5, 5.41) is 0. The summed E-state index contributed by atoms with van der Waals surface area (Å²) in [6.45, 7) is 7.78. The summed E-state index contributed by atoms with van der Waals surface area (Å²) >= 11 is 0. The van der Waals surface area contributed by atoms with Crippen LogP contribution in [0.4, 0.5) is 0 Å². The van der Waals surface area contributed by atoms with E-state index < -0.39 is 0 Å². The highest BCUT2D eigenvalue weighted by Crippen LogP contribution is 2.56. The minimum Gasteiger partial charge on any atom is -0.497 e. The number of hydrogen-bond donors (Lipinski definition) is 1. The zero-order valence-electron chi connectivity index (χ0n) is 17.5. The molecule has 2 heterocycles. The van der Waals surface area contributed by atoms with Crippen molar-refractivity contribution < 1.29 is 9.53 Å². The molecule has 2 bridgehead atoms. The largest absolute Gasteiger partial charge is 0.497 e. The second kappa shape index (κ2) is 6.09. The number of H-pyrrole nitrogens is 1. The van der Waals surface area contributed by atoms with Crippen LogP contribution in [0.5, 0.6) is 5.75 Å². The maximum atomic E-state index is 13.6. The molecule has 29 heavy (non-hydrogen) atoms. The average Bonchev–Trinajstić information content (AvgIpc) is 3.17. The van der Waals surface area contributed by atoms with Gasteiger partial charge in [0.15, 0.2) is 0 Å². The summed E-state index contributed by atoms with van der Waals surface area (Å²) in [4.78, 5) is 23.0. The van der Waals surface area contributed by atoms with Crippen LogP contribution in [0.3, 0.4) is 0 Å². The van der Waals surface area contributed by atoms with E-state index in [1.807, 2.05) is 18.2 Å². The van der Waals surface area contributed by atoms with Crippen molar-refractivity contribution in [2.45, 2.75) is 45.1 Å². The van der Waals surface area contributed by atoms with Crippen molar-refractivity contribution >= 4 is 16.9 Å². The Morgan fingerprint density at radius 1 is 1.21 bits per heavy atom. The lowest BCUT2D eigenvalue weighted by Crippen LogP contribution is -2.64. The second-order valence-corrected chi connectivity index (χ2v) is 9.18. The van der Waals surface area contributed by atoms with Crippen molar-refractivity contribution in [3.05, 3.63) is 59.4 Å². The first-order valence-corrected chi connectivity index (χ1v) is 10.3. The van der Waals surface area contributed by atoms with Gasteiger partial charge in [-0.15, -0.1) is 0 Å². The number of aromatic amines is 1. The number of nitrogens with one attached hydrogen (secondary N) is 1. The fourth-order valence-electron chi connectivity index (χ4n) is 5.52. The van der Waals surface area contributed by atoms with Gasteiger partial charge in [-0.1, -0.05) is 26.8 Å². The SMILES string of the molecule is COc1ccc2c(c1)C[C@@H]1N(C(=O)c3ccc4nc[nH]c4c3)CC[C@@]2(C)C1(C)C. The number of aromatic nitrogens is 2. The third-order valence-corrected chi connectivity index (χ3v) is 7.73. The minimum absolute atomic E-state index is 0.0272. The van der Waals surface area contributed by atoms with E-state index in [2.05, 4.69) is 53.8 Å². The lowest BCUT2D eigenvalue weighted by atomic mass is 9.51. The van der Waals surface area contributed by atoms with Gasteiger partial charge in [0, 0.05) is 23.6 Å². The number of amides is 1. The van der Waals surface area contributed by atoms with E-state index in [0.29, 0.717) is 0 Å². The Balaban J connectivity index is 1.56. The van der Waals surface area contributed by atoms with Crippen molar-refractivity contribution in [2.75, 3.05) is 13.7 Å². The summed E-state index contributed by atoms with van der Waals surface area (Å²) in [5.74, 6) is 0.987. The Kier molecular flexibility index (Phi) is 3.83. The minimum atomic E-state index is -0.0272. The Bertz CT molecular complexity index is 1120. The number of piperidine rings is 1. The van der Waals surface area contributed by atoms with Crippen LogP contribution >= 0.6 is 0 Å². The first-order chi connectivity index (χ1) is 13.8. The predicted molar refractivity (Wildman–Crippen MR) is 113 cm³/mol. The van der Waals surface area contributed by atoms with Gasteiger partial charge in [0.2, 0.25) is 0 Å². The molecule has 5 rings (SSSR count). The number of methoxy groups -OCH3 is 1. The Labute approximate surface area is 171 Å². The van der Waals surface area contributed by atoms with Crippen LogP contribution in [0.15, 0.2) is 42.7 Å². The van der Waals surface area contributed by atoms with E-state index in [1.165, 1.54) is 11.1 Å². The Morgan fingerprint density at radius 2 is 2.03 bits per heavy atom. The summed E-state index contributed by atoms with van der Waals surface area (Å²) in [7, 11) is 1.71. The van der Waals surface area contributed by atoms with E-state index in [1.54, 1.807) is 13.4 Å². The maximum Gasteiger partial charge on any atom is 0.254 e. The van der Waals surface area contributed by atoms with Gasteiger partial charge in [-0.2, -0.15) is 0 Å². The van der Waals surface area contributed by atoms with Gasteiger partial charge in [0.25, 0.3) is 5.91 Å². The van der Waals surface area contributed by atoms with E-state index >= 15 is 0 Å². The highest BCUT2D eigenvalue weighted by molar-refractivity contribution is 5.97. The highest BCUT2D eigenvalue weighted by atomic mass is 16.5. The summed E-state index contributed by atoms with van der Waals surface area (Å²) < 4.78 is 5.47. The number of hydrogen-bond acceptors (Lipinski definition) is 3. The normalized spacial score (nSPS) is 25.0. The zero-order valence-corrected chi connectivity index (χ0v) is 17.5. The molecule has 1 aromatic heterocycles. The van der Waals surface area contributed by atoms with Crippen LogP contribution in [0.25, 0.3) is 11.0 Å². The quantitative estimate of drug-likeness (QED) is 0.710. The Hall–Kier alpha value is -2.82. The summed E-state index contributed by atoms with van der Waals surface area (Å²) in [5.41, 5.74) is 5.21. The molecule has 1 amide bonds. The summed E-state index contributed by atoms with van der Waals surface area (Å²) in [6, 6.07) is 12.3. The lowest BCUT2D eigenvalue weighted by Gasteiger charge is -2.60. The van der Waals surface area contributed by atoms with Gasteiger partial charge >= 0.3 is 0 Å². The van der Waals surface area contributed by atoms with Crippen LogP contribution in [-0.4, -0.2) is 40.5 Å². The number of benzene rings is 2. The molecule has 0 spiro atoms. The van der Waals surface area contributed by atoms with Crippen LogP contribution in [0.2, 0.25) is 0 Å². The molecule has 2 aliphatic rings. The molecular weight excluding hydrogens is 362 g/mol. The third kappa shape index (κ3) is 2.46. The van der Waals surface area contributed by atoms with Crippen molar-refractivity contribution in [1.29, 1.82) is 0 Å². The average molecular weight is 389 g/mol. The molecule has 2 atom stereocenters. The van der Waals surface area contributed by atoms with E-state index in [9.17, 15) is 4.79 Å². The van der Waals surface area contributed by atoms with Crippen LogP contribution in [0.1, 0.15) is 48.7 Å². The standard InChI is InChI=1S/C24H27N3O2/c1-23(2)21-13-16-11-17(29-4)6-7-18(16)24(23,3)9-10-27(21)22(28)15-5-8-19-20(12-15)26-14-25-19/h5-8,11-12,14,21H,9-10,13H2,1-4H3,(H,25,26)/t21-,24+/m0/s1. The van der Waals surface area contributed by atoms with Gasteiger partial charge in [0.1, 0.15) is 5.75 Å². The molecule has 1 aliphatic heterocycles. The topological polar surface area (TPSA) is 58.2 Å². The number of carbonyl (C=O) groups excluding carboxylic acids is 1. The first kappa shape index (κ1) is 18.2. The number of carbonyl (C=O) groups is 1. The van der Waals surface area contributed by atoms with Crippen LogP contribution in [-0.2, 0) is 11.8 Å². The molecule has 0 radical (unpaired) electrons. The lowest BCUT2D eigenvalue weighted by molar-refractivity contribution is -0.0262. The Morgan fingerprint density at radius 3 is 2.83 bits per heavy atom. The molecule has 1 fully saturated rings. The zero-order chi connectivity index (χ0) is 20.4. The number of likely N-dealkylation sites (tertiary alicyclic amines) is 1. The van der Waals surface area contributed by atoms with Crippen molar-refractivity contribution in [2.24, 2.45) is 5.41 Å². The van der Waals surface area contributed by atoms with Gasteiger partial charge in [-0.05, 0) is 59.7 Å². The second-order valence-electron chi connectivity index (χ2n) is 9.18. The van der Waals surface area contributed by atoms with Gasteiger partial charge in [0.05, 0.1) is 24.5 Å². The fraction of sp³-hybridized carbons (Fsp3) is 0.417. The number of rotatable bonds is 2. The molecule has 0 unspecified atom stereocenters. The monoisotopic (exact) mass is 389 g/mol. The fourth-order valence-corrected chi connectivity index (χ4v) is 5.52. The number of fused-ring (bicyclic) bond motifs is 5. The molecule has 3 aromatic rings. The van der Waals surface area contributed by atoms with E-state index in [-0.39, 0.29) is 22.8 Å². The molecule has 0 saturated carbocycles. The molecule has 2 aromatic carbocycles.